The lowest BCUT2D eigenvalue weighted by molar-refractivity contribution is 0.0259. The molecule has 2 atom stereocenters. The molecule has 0 spiro atoms. The molecular weight excluding hydrogens is 455 g/mol. The minimum absolute atomic E-state index is 0.454. The van der Waals surface area contributed by atoms with Gasteiger partial charge in [-0.2, -0.15) is 0 Å². The smallest absolute Gasteiger partial charge is 0.0720 e. The fourth-order valence-corrected chi connectivity index (χ4v) is 5.15. The van der Waals surface area contributed by atoms with Crippen LogP contribution in [-0.2, 0) is 11.3 Å². The second-order valence-corrected chi connectivity index (χ2v) is 9.91. The molecule has 2 unspecified atom stereocenters. The van der Waals surface area contributed by atoms with Crippen molar-refractivity contribution in [3.05, 3.63) is 35.9 Å². The topological polar surface area (TPSA) is 9.23 Å². The summed E-state index contributed by atoms with van der Waals surface area (Å²) in [6, 6.07) is 10.7. The first kappa shape index (κ1) is 24.2. The van der Waals surface area contributed by atoms with Crippen molar-refractivity contribution >= 4 is 22.6 Å². The Labute approximate surface area is 188 Å². The molecule has 0 bridgehead atoms. The van der Waals surface area contributed by atoms with Crippen LogP contribution in [0.1, 0.15) is 102 Å². The van der Waals surface area contributed by atoms with Crippen molar-refractivity contribution in [2.24, 2.45) is 11.8 Å². The Bertz CT molecular complexity index is 471. The van der Waals surface area contributed by atoms with Gasteiger partial charge in [0.15, 0.2) is 0 Å². The predicted molar refractivity (Wildman–Crippen MR) is 131 cm³/mol. The van der Waals surface area contributed by atoms with Gasteiger partial charge in [-0.1, -0.05) is 118 Å². The lowest BCUT2D eigenvalue weighted by atomic mass is 9.93. The molecule has 0 N–H and O–H groups in total. The molecule has 0 radical (unpaired) electrons. The standard InChI is InChI=1S/C26H43IO/c1-2-3-4-5-6-10-16-26(28-22-23-13-8-7-9-14-23)17-12-11-15-24(20-21-27)25-18-19-25/h7-9,13-14,24-26H,2-6,10-12,15-22H2,1H3. The van der Waals surface area contributed by atoms with E-state index in [1.165, 1.54) is 99.9 Å². The van der Waals surface area contributed by atoms with E-state index in [1.54, 1.807) is 0 Å². The number of unbranched alkanes of at least 4 members (excludes halogenated alkanes) is 6. The molecule has 0 aromatic heterocycles. The molecule has 1 fully saturated rings. The second-order valence-electron chi connectivity index (χ2n) is 8.83. The Balaban J connectivity index is 1.66. The van der Waals surface area contributed by atoms with Gasteiger partial charge in [-0.3, -0.25) is 0 Å². The molecule has 0 aliphatic heterocycles. The Morgan fingerprint density at radius 2 is 1.50 bits per heavy atom. The van der Waals surface area contributed by atoms with Crippen LogP contribution in [0, 0.1) is 11.8 Å². The van der Waals surface area contributed by atoms with Crippen molar-refractivity contribution in [3.63, 3.8) is 0 Å². The minimum Gasteiger partial charge on any atom is -0.374 e. The number of hydrogen-bond donors (Lipinski definition) is 0. The lowest BCUT2D eigenvalue weighted by Gasteiger charge is -2.19. The number of hydrogen-bond acceptors (Lipinski definition) is 1. The average molecular weight is 499 g/mol. The Morgan fingerprint density at radius 3 is 2.18 bits per heavy atom. The summed E-state index contributed by atoms with van der Waals surface area (Å²) in [6.07, 6.45) is 19.9. The number of ether oxygens (including phenoxy) is 1. The monoisotopic (exact) mass is 498 g/mol. The van der Waals surface area contributed by atoms with E-state index in [0.717, 1.165) is 18.4 Å². The van der Waals surface area contributed by atoms with Crippen LogP contribution in [-0.4, -0.2) is 10.5 Å². The van der Waals surface area contributed by atoms with Gasteiger partial charge in [0.2, 0.25) is 0 Å². The van der Waals surface area contributed by atoms with Crippen molar-refractivity contribution in [1.82, 2.24) is 0 Å². The second kappa shape index (κ2) is 15.7. The van der Waals surface area contributed by atoms with Gasteiger partial charge in [0, 0.05) is 0 Å². The quantitative estimate of drug-likeness (QED) is 0.112. The van der Waals surface area contributed by atoms with Crippen molar-refractivity contribution in [1.29, 1.82) is 0 Å². The summed E-state index contributed by atoms with van der Waals surface area (Å²) >= 11 is 2.56. The largest absolute Gasteiger partial charge is 0.374 e. The molecule has 28 heavy (non-hydrogen) atoms. The molecule has 0 amide bonds. The van der Waals surface area contributed by atoms with Crippen molar-refractivity contribution < 1.29 is 4.74 Å². The van der Waals surface area contributed by atoms with E-state index in [1.807, 2.05) is 0 Å². The molecule has 160 valence electrons. The first-order chi connectivity index (χ1) is 13.8. The van der Waals surface area contributed by atoms with Crippen molar-refractivity contribution in [2.75, 3.05) is 4.43 Å². The van der Waals surface area contributed by atoms with Crippen LogP contribution >= 0.6 is 22.6 Å². The Hall–Kier alpha value is -0.0900. The summed E-state index contributed by atoms with van der Waals surface area (Å²) in [5.41, 5.74) is 1.31. The molecule has 1 aliphatic rings. The fraction of sp³-hybridized carbons (Fsp3) is 0.769. The predicted octanol–water partition coefficient (Wildman–Crippen LogP) is 8.73. The zero-order valence-electron chi connectivity index (χ0n) is 18.2. The minimum atomic E-state index is 0.454. The summed E-state index contributed by atoms with van der Waals surface area (Å²) in [5.74, 6) is 2.09. The number of rotatable bonds is 18. The molecule has 1 aromatic carbocycles. The molecule has 2 rings (SSSR count). The van der Waals surface area contributed by atoms with E-state index in [2.05, 4.69) is 59.8 Å². The lowest BCUT2D eigenvalue weighted by Crippen LogP contribution is -2.13. The van der Waals surface area contributed by atoms with E-state index >= 15 is 0 Å². The van der Waals surface area contributed by atoms with Gasteiger partial charge in [0.25, 0.3) is 0 Å². The molecule has 1 saturated carbocycles. The number of alkyl halides is 1. The Kier molecular flexibility index (Phi) is 13.6. The molecular formula is C26H43IO. The third kappa shape index (κ3) is 11.2. The maximum absolute atomic E-state index is 6.37. The van der Waals surface area contributed by atoms with E-state index < -0.39 is 0 Å². The summed E-state index contributed by atoms with van der Waals surface area (Å²) in [6.45, 7) is 3.07. The van der Waals surface area contributed by atoms with Crippen molar-refractivity contribution in [3.8, 4) is 0 Å². The average Bonchev–Trinajstić information content (AvgIpc) is 3.56. The summed E-state index contributed by atoms with van der Waals surface area (Å²) < 4.78 is 7.70. The maximum Gasteiger partial charge on any atom is 0.0720 e. The van der Waals surface area contributed by atoms with Crippen LogP contribution in [0.3, 0.4) is 0 Å². The maximum atomic E-state index is 6.37. The molecule has 1 aromatic rings. The highest BCUT2D eigenvalue weighted by molar-refractivity contribution is 14.1. The number of halogens is 1. The van der Waals surface area contributed by atoms with Crippen LogP contribution in [0.2, 0.25) is 0 Å². The van der Waals surface area contributed by atoms with Crippen LogP contribution in [0.15, 0.2) is 30.3 Å². The molecule has 0 saturated heterocycles. The van der Waals surface area contributed by atoms with Crippen LogP contribution in [0.25, 0.3) is 0 Å². The van der Waals surface area contributed by atoms with Crippen LogP contribution < -0.4 is 0 Å². The first-order valence-electron chi connectivity index (χ1n) is 12.0. The summed E-state index contributed by atoms with van der Waals surface area (Å²) in [4.78, 5) is 0. The van der Waals surface area contributed by atoms with E-state index in [9.17, 15) is 0 Å². The highest BCUT2D eigenvalue weighted by Crippen LogP contribution is 2.41. The van der Waals surface area contributed by atoms with Gasteiger partial charge >= 0.3 is 0 Å². The van der Waals surface area contributed by atoms with Gasteiger partial charge < -0.3 is 4.74 Å². The first-order valence-corrected chi connectivity index (χ1v) is 13.6. The van der Waals surface area contributed by atoms with E-state index in [0.29, 0.717) is 6.10 Å². The van der Waals surface area contributed by atoms with E-state index in [-0.39, 0.29) is 0 Å². The zero-order valence-corrected chi connectivity index (χ0v) is 20.4. The highest BCUT2D eigenvalue weighted by Gasteiger charge is 2.29. The van der Waals surface area contributed by atoms with Gasteiger partial charge in [-0.05, 0) is 53.9 Å². The highest BCUT2D eigenvalue weighted by atomic mass is 127. The Morgan fingerprint density at radius 1 is 0.857 bits per heavy atom. The third-order valence-corrected chi connectivity index (χ3v) is 6.95. The summed E-state index contributed by atoms with van der Waals surface area (Å²) in [5, 5.41) is 0. The van der Waals surface area contributed by atoms with Gasteiger partial charge in [-0.25, -0.2) is 0 Å². The molecule has 2 heteroatoms. The normalized spacial score (nSPS) is 16.2. The van der Waals surface area contributed by atoms with E-state index in [4.69, 9.17) is 4.74 Å². The third-order valence-electron chi connectivity index (χ3n) is 6.33. The van der Waals surface area contributed by atoms with Crippen molar-refractivity contribution in [2.45, 2.75) is 110 Å². The van der Waals surface area contributed by atoms with Crippen LogP contribution in [0.5, 0.6) is 0 Å². The molecule has 0 heterocycles. The number of benzene rings is 1. The van der Waals surface area contributed by atoms with Crippen LogP contribution in [0.4, 0.5) is 0 Å². The molecule has 1 aliphatic carbocycles. The SMILES string of the molecule is CCCCCCCCC(CCCCC(CCI)C1CC1)OCc1ccccc1. The zero-order chi connectivity index (χ0) is 19.9. The van der Waals surface area contributed by atoms with Gasteiger partial charge in [0.1, 0.15) is 0 Å². The van der Waals surface area contributed by atoms with Gasteiger partial charge in [0.05, 0.1) is 12.7 Å². The van der Waals surface area contributed by atoms with Gasteiger partial charge in [-0.15, -0.1) is 0 Å². The fourth-order valence-electron chi connectivity index (χ4n) is 4.35. The molecule has 1 nitrogen and oxygen atoms in total. The summed E-state index contributed by atoms with van der Waals surface area (Å²) in [7, 11) is 0.